The summed E-state index contributed by atoms with van der Waals surface area (Å²) in [6, 6.07) is 0. The first-order valence-corrected chi connectivity index (χ1v) is 15.0. The number of esters is 1. The molecular formula is C32H54O3. The Morgan fingerprint density at radius 1 is 0.857 bits per heavy atom. The van der Waals surface area contributed by atoms with Crippen LogP contribution in [0.2, 0.25) is 0 Å². The number of fused-ring (bicyclic) bond motifs is 7. The molecule has 12 atom stereocenters. The third-order valence-corrected chi connectivity index (χ3v) is 14.2. The summed E-state index contributed by atoms with van der Waals surface area (Å²) in [7, 11) is 0. The Morgan fingerprint density at radius 2 is 1.54 bits per heavy atom. The van der Waals surface area contributed by atoms with Gasteiger partial charge in [-0.1, -0.05) is 55.4 Å². The van der Waals surface area contributed by atoms with Gasteiger partial charge in [-0.2, -0.15) is 0 Å². The van der Waals surface area contributed by atoms with Crippen molar-refractivity contribution in [1.29, 1.82) is 0 Å². The number of hydrogen-bond acceptors (Lipinski definition) is 3. The van der Waals surface area contributed by atoms with E-state index in [1.165, 1.54) is 38.5 Å². The smallest absolute Gasteiger partial charge is 0.302 e. The lowest BCUT2D eigenvalue weighted by atomic mass is 9.31. The molecule has 0 aliphatic heterocycles. The summed E-state index contributed by atoms with van der Waals surface area (Å²) >= 11 is 0. The maximum atomic E-state index is 12.1. The van der Waals surface area contributed by atoms with E-state index >= 15 is 0 Å². The third kappa shape index (κ3) is 3.34. The van der Waals surface area contributed by atoms with Crippen LogP contribution in [0.15, 0.2) is 0 Å². The zero-order chi connectivity index (χ0) is 25.8. The van der Waals surface area contributed by atoms with E-state index < -0.39 is 0 Å². The molecule has 0 aromatic rings. The molecule has 200 valence electrons. The van der Waals surface area contributed by atoms with E-state index in [2.05, 4.69) is 55.4 Å². The summed E-state index contributed by atoms with van der Waals surface area (Å²) in [4.78, 5) is 11.9. The first kappa shape index (κ1) is 26.1. The Balaban J connectivity index is 1.53. The second kappa shape index (κ2) is 7.97. The standard InChI is InChI=1S/C32H54O3/c1-19-10-13-29(6)16-17-31(8)22(26(29)20(19)2)18-23(34)27-30(7)14-12-25(35-21(3)33)28(4,5)24(30)11-15-32(27,31)9/h19-20,22-27,34H,10-18H2,1-9H3/t19-,20+,22-,23+,24+,25+,26-,27-,29-,30+,31-,32-/m1/s1. The van der Waals surface area contributed by atoms with Gasteiger partial charge in [0, 0.05) is 12.3 Å². The molecule has 0 heterocycles. The van der Waals surface area contributed by atoms with Crippen molar-refractivity contribution >= 4 is 5.97 Å². The van der Waals surface area contributed by atoms with E-state index in [1.807, 2.05) is 0 Å². The quantitative estimate of drug-likeness (QED) is 0.387. The van der Waals surface area contributed by atoms with Crippen LogP contribution in [0.25, 0.3) is 0 Å². The lowest BCUT2D eigenvalue weighted by molar-refractivity contribution is -0.284. The summed E-state index contributed by atoms with van der Waals surface area (Å²) in [6.45, 7) is 21.6. The van der Waals surface area contributed by atoms with Crippen LogP contribution in [0.3, 0.4) is 0 Å². The van der Waals surface area contributed by atoms with E-state index in [-0.39, 0.29) is 39.8 Å². The van der Waals surface area contributed by atoms with Gasteiger partial charge in [0.05, 0.1) is 6.10 Å². The molecule has 0 spiro atoms. The second-order valence-electron chi connectivity index (χ2n) is 15.8. The van der Waals surface area contributed by atoms with Crippen LogP contribution in [0.5, 0.6) is 0 Å². The van der Waals surface area contributed by atoms with Crippen LogP contribution in [-0.4, -0.2) is 23.3 Å². The molecule has 5 aliphatic carbocycles. The summed E-state index contributed by atoms with van der Waals surface area (Å²) in [5.41, 5.74) is 0.927. The molecular weight excluding hydrogens is 432 g/mol. The zero-order valence-corrected chi connectivity index (χ0v) is 24.2. The van der Waals surface area contributed by atoms with E-state index in [4.69, 9.17) is 4.74 Å². The highest BCUT2D eigenvalue weighted by molar-refractivity contribution is 5.66. The summed E-state index contributed by atoms with van der Waals surface area (Å²) in [6.07, 6.45) is 10.6. The molecule has 5 rings (SSSR count). The maximum absolute atomic E-state index is 12.1. The molecule has 5 fully saturated rings. The van der Waals surface area contributed by atoms with Crippen molar-refractivity contribution < 1.29 is 14.6 Å². The van der Waals surface area contributed by atoms with Crippen molar-refractivity contribution in [2.75, 3.05) is 0 Å². The molecule has 0 bridgehead atoms. The van der Waals surface area contributed by atoms with E-state index in [0.717, 1.165) is 37.0 Å². The van der Waals surface area contributed by atoms with Crippen LogP contribution in [0.4, 0.5) is 0 Å². The topological polar surface area (TPSA) is 46.5 Å². The first-order chi connectivity index (χ1) is 16.1. The summed E-state index contributed by atoms with van der Waals surface area (Å²) < 4.78 is 5.88. The molecule has 0 aromatic carbocycles. The number of carbonyl (C=O) groups is 1. The van der Waals surface area contributed by atoms with Crippen LogP contribution < -0.4 is 0 Å². The average molecular weight is 487 g/mol. The van der Waals surface area contributed by atoms with Crippen LogP contribution in [0.1, 0.15) is 120 Å². The van der Waals surface area contributed by atoms with Gasteiger partial charge in [-0.15, -0.1) is 0 Å². The van der Waals surface area contributed by atoms with Gasteiger partial charge in [-0.25, -0.2) is 0 Å². The van der Waals surface area contributed by atoms with Crippen LogP contribution >= 0.6 is 0 Å². The molecule has 0 aromatic heterocycles. The molecule has 5 saturated carbocycles. The minimum atomic E-state index is -0.223. The Bertz CT molecular complexity index is 865. The molecule has 3 nitrogen and oxygen atoms in total. The number of aliphatic hydroxyl groups excluding tert-OH is 1. The normalized spacial score (nSPS) is 57.2. The van der Waals surface area contributed by atoms with E-state index in [9.17, 15) is 9.90 Å². The molecule has 5 aliphatic rings. The molecule has 0 saturated heterocycles. The van der Waals surface area contributed by atoms with Crippen molar-refractivity contribution in [3.63, 3.8) is 0 Å². The highest BCUT2D eigenvalue weighted by atomic mass is 16.5. The van der Waals surface area contributed by atoms with Gasteiger partial charge in [-0.05, 0) is 115 Å². The number of aliphatic hydroxyl groups is 1. The lowest BCUT2D eigenvalue weighted by Crippen LogP contribution is -2.70. The van der Waals surface area contributed by atoms with Gasteiger partial charge in [0.25, 0.3) is 0 Å². The van der Waals surface area contributed by atoms with Crippen molar-refractivity contribution in [2.24, 2.45) is 62.6 Å². The van der Waals surface area contributed by atoms with Crippen molar-refractivity contribution in [2.45, 2.75) is 132 Å². The van der Waals surface area contributed by atoms with Crippen molar-refractivity contribution in [3.05, 3.63) is 0 Å². The summed E-state index contributed by atoms with van der Waals surface area (Å²) in [5, 5.41) is 12.1. The van der Waals surface area contributed by atoms with Gasteiger partial charge in [-0.3, -0.25) is 4.79 Å². The average Bonchev–Trinajstić information content (AvgIpc) is 2.74. The van der Waals surface area contributed by atoms with Gasteiger partial charge >= 0.3 is 5.97 Å². The number of carbonyl (C=O) groups excluding carboxylic acids is 1. The highest BCUT2D eigenvalue weighted by Crippen LogP contribution is 2.77. The Kier molecular flexibility index (Phi) is 5.93. The molecule has 35 heavy (non-hydrogen) atoms. The van der Waals surface area contributed by atoms with E-state index in [0.29, 0.717) is 23.2 Å². The Labute approximate surface area is 215 Å². The summed E-state index contributed by atoms with van der Waals surface area (Å²) in [5.74, 6) is 3.55. The third-order valence-electron chi connectivity index (χ3n) is 14.2. The van der Waals surface area contributed by atoms with Gasteiger partial charge in [0.1, 0.15) is 6.10 Å². The van der Waals surface area contributed by atoms with E-state index in [1.54, 1.807) is 6.92 Å². The Morgan fingerprint density at radius 3 is 2.20 bits per heavy atom. The number of rotatable bonds is 1. The molecule has 3 heteroatoms. The van der Waals surface area contributed by atoms with Gasteiger partial charge in [0.2, 0.25) is 0 Å². The van der Waals surface area contributed by atoms with Crippen LogP contribution in [-0.2, 0) is 9.53 Å². The van der Waals surface area contributed by atoms with Crippen molar-refractivity contribution in [3.8, 4) is 0 Å². The maximum Gasteiger partial charge on any atom is 0.302 e. The van der Waals surface area contributed by atoms with Crippen molar-refractivity contribution in [1.82, 2.24) is 0 Å². The lowest BCUT2D eigenvalue weighted by Gasteiger charge is -2.74. The largest absolute Gasteiger partial charge is 0.462 e. The Hall–Kier alpha value is -0.570. The SMILES string of the molecule is CC(=O)O[C@H]1CC[C@]2(C)[C@H]3[C@@H](O)C[C@@H]4[C@H]5[C@@H](C)[C@H](C)CC[C@]5(C)CC[C@@]4(C)[C@]3(C)CC[C@H]2C1(C)C. The van der Waals surface area contributed by atoms with Crippen LogP contribution in [0, 0.1) is 62.6 Å². The predicted molar refractivity (Wildman–Crippen MR) is 142 cm³/mol. The fourth-order valence-corrected chi connectivity index (χ4v) is 12.1. The first-order valence-electron chi connectivity index (χ1n) is 15.0. The molecule has 0 unspecified atom stereocenters. The number of ether oxygens (including phenoxy) is 1. The minimum Gasteiger partial charge on any atom is -0.462 e. The molecule has 1 N–H and O–H groups in total. The molecule has 0 amide bonds. The predicted octanol–water partition coefficient (Wildman–Crippen LogP) is 7.65. The molecule has 0 radical (unpaired) electrons. The monoisotopic (exact) mass is 486 g/mol. The fraction of sp³-hybridized carbons (Fsp3) is 0.969. The van der Waals surface area contributed by atoms with Gasteiger partial charge in [0.15, 0.2) is 0 Å². The number of hydrogen-bond donors (Lipinski definition) is 1. The fourth-order valence-electron chi connectivity index (χ4n) is 12.1. The highest BCUT2D eigenvalue weighted by Gasteiger charge is 2.72. The second-order valence-corrected chi connectivity index (χ2v) is 15.8. The zero-order valence-electron chi connectivity index (χ0n) is 24.2. The minimum absolute atomic E-state index is 0.00790. The van der Waals surface area contributed by atoms with Gasteiger partial charge < -0.3 is 9.84 Å².